The summed E-state index contributed by atoms with van der Waals surface area (Å²) in [5.41, 5.74) is 0. The lowest BCUT2D eigenvalue weighted by atomic mass is 9.98. The summed E-state index contributed by atoms with van der Waals surface area (Å²) in [5.74, 6) is 2.68. The van der Waals surface area contributed by atoms with E-state index in [-0.39, 0.29) is 11.9 Å². The molecule has 2 N–H and O–H groups in total. The first-order chi connectivity index (χ1) is 8.34. The average Bonchev–Trinajstić information content (AvgIpc) is 3.24. The first kappa shape index (κ1) is 11.5. The molecule has 0 aromatic carbocycles. The van der Waals surface area contributed by atoms with E-state index in [4.69, 9.17) is 4.74 Å². The van der Waals surface area contributed by atoms with E-state index in [0.29, 0.717) is 6.61 Å². The van der Waals surface area contributed by atoms with Crippen LogP contribution in [0.1, 0.15) is 25.7 Å². The standard InChI is InChI=1S/C13H22N2O2/c16-13(12-8-17-6-5-14-12)15-7-11(9-1-2-9)10-3-4-10/h9-12,14H,1-8H2,(H,15,16). The third kappa shape index (κ3) is 2.99. The van der Waals surface area contributed by atoms with Gasteiger partial charge in [-0.2, -0.15) is 0 Å². The Balaban J connectivity index is 1.44. The zero-order valence-electron chi connectivity index (χ0n) is 10.3. The largest absolute Gasteiger partial charge is 0.378 e. The molecule has 1 atom stereocenters. The van der Waals surface area contributed by atoms with Crippen molar-refractivity contribution in [1.29, 1.82) is 0 Å². The Hall–Kier alpha value is -0.610. The second kappa shape index (κ2) is 4.94. The normalized spacial score (nSPS) is 29.4. The molecule has 1 heterocycles. The molecule has 2 saturated carbocycles. The van der Waals surface area contributed by atoms with Crippen LogP contribution in [0.4, 0.5) is 0 Å². The number of ether oxygens (including phenoxy) is 1. The second-order valence-corrected chi connectivity index (χ2v) is 5.67. The van der Waals surface area contributed by atoms with Crippen molar-refractivity contribution < 1.29 is 9.53 Å². The van der Waals surface area contributed by atoms with E-state index < -0.39 is 0 Å². The molecule has 0 radical (unpaired) electrons. The lowest BCUT2D eigenvalue weighted by molar-refractivity contribution is -0.126. The molecule has 0 bridgehead atoms. The predicted molar refractivity (Wildman–Crippen MR) is 64.6 cm³/mol. The topological polar surface area (TPSA) is 50.4 Å². The highest BCUT2D eigenvalue weighted by molar-refractivity contribution is 5.82. The fourth-order valence-corrected chi connectivity index (χ4v) is 2.84. The number of morpholine rings is 1. The van der Waals surface area contributed by atoms with Crippen LogP contribution in [0.3, 0.4) is 0 Å². The highest BCUT2D eigenvalue weighted by Crippen LogP contribution is 2.48. The number of carbonyl (C=O) groups is 1. The van der Waals surface area contributed by atoms with Crippen LogP contribution in [0.5, 0.6) is 0 Å². The van der Waals surface area contributed by atoms with Crippen LogP contribution < -0.4 is 10.6 Å². The molecule has 0 aromatic rings. The van der Waals surface area contributed by atoms with Gasteiger partial charge in [-0.3, -0.25) is 4.79 Å². The molecular weight excluding hydrogens is 216 g/mol. The van der Waals surface area contributed by atoms with E-state index in [1.807, 2.05) is 0 Å². The van der Waals surface area contributed by atoms with Crippen LogP contribution >= 0.6 is 0 Å². The molecule has 1 saturated heterocycles. The van der Waals surface area contributed by atoms with E-state index >= 15 is 0 Å². The molecular formula is C13H22N2O2. The van der Waals surface area contributed by atoms with Crippen molar-refractivity contribution in [2.45, 2.75) is 31.7 Å². The number of amides is 1. The Morgan fingerprint density at radius 2 is 2.00 bits per heavy atom. The third-order valence-corrected chi connectivity index (χ3v) is 4.21. The average molecular weight is 238 g/mol. The fourth-order valence-electron chi connectivity index (χ4n) is 2.84. The van der Waals surface area contributed by atoms with E-state index in [1.54, 1.807) is 0 Å². The van der Waals surface area contributed by atoms with Crippen LogP contribution in [0.25, 0.3) is 0 Å². The molecule has 1 unspecified atom stereocenters. The second-order valence-electron chi connectivity index (χ2n) is 5.67. The van der Waals surface area contributed by atoms with Gasteiger partial charge in [-0.05, 0) is 43.4 Å². The molecule has 3 fully saturated rings. The van der Waals surface area contributed by atoms with Gasteiger partial charge in [0.2, 0.25) is 5.91 Å². The zero-order valence-corrected chi connectivity index (χ0v) is 10.3. The number of carbonyl (C=O) groups excluding carboxylic acids is 1. The van der Waals surface area contributed by atoms with Gasteiger partial charge in [-0.1, -0.05) is 0 Å². The van der Waals surface area contributed by atoms with Gasteiger partial charge < -0.3 is 15.4 Å². The highest BCUT2D eigenvalue weighted by atomic mass is 16.5. The van der Waals surface area contributed by atoms with Gasteiger partial charge in [-0.15, -0.1) is 0 Å². The Morgan fingerprint density at radius 3 is 2.53 bits per heavy atom. The molecule has 0 aromatic heterocycles. The molecule has 1 aliphatic heterocycles. The van der Waals surface area contributed by atoms with Crippen molar-refractivity contribution in [1.82, 2.24) is 10.6 Å². The van der Waals surface area contributed by atoms with Gasteiger partial charge in [0.15, 0.2) is 0 Å². The minimum atomic E-state index is -0.136. The van der Waals surface area contributed by atoms with E-state index in [9.17, 15) is 4.79 Å². The molecule has 96 valence electrons. The molecule has 0 spiro atoms. The summed E-state index contributed by atoms with van der Waals surface area (Å²) < 4.78 is 5.31. The summed E-state index contributed by atoms with van der Waals surface area (Å²) in [6.45, 7) is 2.90. The van der Waals surface area contributed by atoms with Crippen molar-refractivity contribution in [2.75, 3.05) is 26.3 Å². The third-order valence-electron chi connectivity index (χ3n) is 4.21. The molecule has 4 nitrogen and oxygen atoms in total. The monoisotopic (exact) mass is 238 g/mol. The lowest BCUT2D eigenvalue weighted by Crippen LogP contribution is -2.52. The molecule has 1 amide bonds. The van der Waals surface area contributed by atoms with Crippen LogP contribution in [-0.4, -0.2) is 38.3 Å². The first-order valence-corrected chi connectivity index (χ1v) is 6.93. The van der Waals surface area contributed by atoms with E-state index in [1.165, 1.54) is 25.7 Å². The van der Waals surface area contributed by atoms with E-state index in [0.717, 1.165) is 37.5 Å². The van der Waals surface area contributed by atoms with Gasteiger partial charge in [0.1, 0.15) is 6.04 Å². The van der Waals surface area contributed by atoms with Gasteiger partial charge in [0, 0.05) is 13.1 Å². The quantitative estimate of drug-likeness (QED) is 0.734. The number of hydrogen-bond acceptors (Lipinski definition) is 3. The minimum Gasteiger partial charge on any atom is -0.378 e. The Kier molecular flexibility index (Phi) is 3.34. The van der Waals surface area contributed by atoms with Gasteiger partial charge in [-0.25, -0.2) is 0 Å². The van der Waals surface area contributed by atoms with Gasteiger partial charge in [0.05, 0.1) is 13.2 Å². The van der Waals surface area contributed by atoms with Crippen molar-refractivity contribution >= 4 is 5.91 Å². The zero-order chi connectivity index (χ0) is 11.7. The van der Waals surface area contributed by atoms with Crippen LogP contribution in [0, 0.1) is 17.8 Å². The number of rotatable bonds is 5. The Bertz CT molecular complexity index is 269. The van der Waals surface area contributed by atoms with Crippen LogP contribution in [0.2, 0.25) is 0 Å². The maximum absolute atomic E-state index is 11.9. The van der Waals surface area contributed by atoms with Gasteiger partial charge >= 0.3 is 0 Å². The number of hydrogen-bond donors (Lipinski definition) is 2. The van der Waals surface area contributed by atoms with Crippen LogP contribution in [0.15, 0.2) is 0 Å². The van der Waals surface area contributed by atoms with Crippen molar-refractivity contribution in [3.05, 3.63) is 0 Å². The fraction of sp³-hybridized carbons (Fsp3) is 0.923. The Morgan fingerprint density at radius 1 is 1.29 bits per heavy atom. The molecule has 3 aliphatic rings. The van der Waals surface area contributed by atoms with Gasteiger partial charge in [0.25, 0.3) is 0 Å². The maximum Gasteiger partial charge on any atom is 0.239 e. The predicted octanol–water partition coefficient (Wildman–Crippen LogP) is 0.527. The molecule has 2 aliphatic carbocycles. The summed E-state index contributed by atoms with van der Waals surface area (Å²) in [6.07, 6.45) is 5.51. The smallest absolute Gasteiger partial charge is 0.239 e. The highest BCUT2D eigenvalue weighted by Gasteiger charge is 2.41. The molecule has 4 heteroatoms. The molecule has 3 rings (SSSR count). The molecule has 17 heavy (non-hydrogen) atoms. The summed E-state index contributed by atoms with van der Waals surface area (Å²) in [7, 11) is 0. The number of nitrogens with one attached hydrogen (secondary N) is 2. The summed E-state index contributed by atoms with van der Waals surface area (Å²) in [5, 5.41) is 6.31. The maximum atomic E-state index is 11.9. The first-order valence-electron chi connectivity index (χ1n) is 6.93. The van der Waals surface area contributed by atoms with Crippen molar-refractivity contribution in [3.8, 4) is 0 Å². The van der Waals surface area contributed by atoms with Crippen molar-refractivity contribution in [2.24, 2.45) is 17.8 Å². The van der Waals surface area contributed by atoms with Crippen LogP contribution in [-0.2, 0) is 9.53 Å². The lowest BCUT2D eigenvalue weighted by Gasteiger charge is -2.24. The summed E-state index contributed by atoms with van der Waals surface area (Å²) >= 11 is 0. The SMILES string of the molecule is O=C(NCC(C1CC1)C1CC1)C1COCCN1. The summed E-state index contributed by atoms with van der Waals surface area (Å²) in [4.78, 5) is 11.9. The summed E-state index contributed by atoms with van der Waals surface area (Å²) in [6, 6.07) is -0.136. The van der Waals surface area contributed by atoms with Crippen molar-refractivity contribution in [3.63, 3.8) is 0 Å². The van der Waals surface area contributed by atoms with E-state index in [2.05, 4.69) is 10.6 Å². The minimum absolute atomic E-state index is 0.121. The Labute approximate surface area is 102 Å².